The fraction of sp³-hybridized carbons (Fsp3) is 0.833. The zero-order valence-corrected chi connectivity index (χ0v) is 6.63. The van der Waals surface area contributed by atoms with E-state index >= 15 is 0 Å². The first kappa shape index (κ1) is 8.10. The van der Waals surface area contributed by atoms with Gasteiger partial charge in [-0.2, -0.15) is 0 Å². The molecule has 0 fully saturated rings. The second-order valence-electron chi connectivity index (χ2n) is 2.40. The van der Waals surface area contributed by atoms with E-state index in [-0.39, 0.29) is 5.52 Å². The molecule has 0 aromatic rings. The number of carbonyl (C=O) groups is 1. The van der Waals surface area contributed by atoms with E-state index in [4.69, 9.17) is 0 Å². The van der Waals surface area contributed by atoms with Gasteiger partial charge in [-0.15, -0.1) is 0 Å². The van der Waals surface area contributed by atoms with Crippen LogP contribution in [-0.4, -0.2) is 5.52 Å². The average molecular weight is 132 g/mol. The van der Waals surface area contributed by atoms with Gasteiger partial charge in [0.2, 0.25) is 0 Å². The van der Waals surface area contributed by atoms with Crippen LogP contribution in [0, 0.1) is 5.92 Å². The average Bonchev–Trinajstić information content (AvgIpc) is 1.61. The van der Waals surface area contributed by atoms with E-state index in [0.717, 1.165) is 6.42 Å². The Labute approximate surface area is 53.1 Å². The number of carbonyl (C=O) groups excluding carboxylic acids is 1. The lowest BCUT2D eigenvalue weighted by Gasteiger charge is -1.98. The normalized spacial score (nSPS) is 10.0. The standard InChI is InChI=1S/C6H13OP/c1-5(2)3-4-6(7)8/h5H,3-4,8H2,1-2H3. The highest BCUT2D eigenvalue weighted by atomic mass is 31.0. The van der Waals surface area contributed by atoms with Crippen molar-refractivity contribution in [2.75, 3.05) is 0 Å². The van der Waals surface area contributed by atoms with E-state index in [1.165, 1.54) is 0 Å². The second kappa shape index (κ2) is 4.03. The minimum absolute atomic E-state index is 0.221. The van der Waals surface area contributed by atoms with E-state index in [1.807, 2.05) is 0 Å². The summed E-state index contributed by atoms with van der Waals surface area (Å²) >= 11 is 0. The van der Waals surface area contributed by atoms with Crippen LogP contribution in [0.2, 0.25) is 0 Å². The lowest BCUT2D eigenvalue weighted by Crippen LogP contribution is -1.90. The van der Waals surface area contributed by atoms with Gasteiger partial charge < -0.3 is 0 Å². The molecule has 0 saturated carbocycles. The molecule has 0 rings (SSSR count). The van der Waals surface area contributed by atoms with Crippen LogP contribution in [0.1, 0.15) is 26.7 Å². The Morgan fingerprint density at radius 3 is 2.25 bits per heavy atom. The van der Waals surface area contributed by atoms with Gasteiger partial charge in [-0.25, -0.2) is 0 Å². The fourth-order valence-electron chi connectivity index (χ4n) is 0.431. The predicted molar refractivity (Wildman–Crippen MR) is 38.8 cm³/mol. The van der Waals surface area contributed by atoms with Crippen LogP contribution in [0.3, 0.4) is 0 Å². The van der Waals surface area contributed by atoms with Gasteiger partial charge in [0.15, 0.2) is 0 Å². The number of hydrogen-bond donors (Lipinski definition) is 0. The third kappa shape index (κ3) is 6.10. The lowest BCUT2D eigenvalue weighted by atomic mass is 10.1. The molecule has 1 unspecified atom stereocenters. The Kier molecular flexibility index (Phi) is 4.08. The zero-order valence-electron chi connectivity index (χ0n) is 5.48. The monoisotopic (exact) mass is 132 g/mol. The number of rotatable bonds is 3. The topological polar surface area (TPSA) is 17.1 Å². The maximum absolute atomic E-state index is 10.3. The smallest absolute Gasteiger partial charge is 0.148 e. The summed E-state index contributed by atoms with van der Waals surface area (Å²) < 4.78 is 0. The summed E-state index contributed by atoms with van der Waals surface area (Å²) in [6.07, 6.45) is 1.73. The summed E-state index contributed by atoms with van der Waals surface area (Å²) in [7, 11) is 2.18. The predicted octanol–water partition coefficient (Wildman–Crippen LogP) is 1.82. The molecule has 0 spiro atoms. The molecule has 0 saturated heterocycles. The van der Waals surface area contributed by atoms with Gasteiger partial charge in [0.25, 0.3) is 0 Å². The molecule has 1 nitrogen and oxygen atoms in total. The van der Waals surface area contributed by atoms with Crippen molar-refractivity contribution in [1.82, 2.24) is 0 Å². The minimum atomic E-state index is 0.221. The van der Waals surface area contributed by atoms with Crippen LogP contribution in [0.4, 0.5) is 0 Å². The van der Waals surface area contributed by atoms with Gasteiger partial charge in [-0.3, -0.25) is 4.79 Å². The summed E-state index contributed by atoms with van der Waals surface area (Å²) in [5, 5.41) is 0. The molecule has 0 aliphatic carbocycles. The zero-order chi connectivity index (χ0) is 6.57. The second-order valence-corrected chi connectivity index (χ2v) is 3.04. The molecule has 0 heterocycles. The quantitative estimate of drug-likeness (QED) is 0.535. The maximum Gasteiger partial charge on any atom is 0.148 e. The summed E-state index contributed by atoms with van der Waals surface area (Å²) in [4.78, 5) is 10.3. The molecular weight excluding hydrogens is 119 g/mol. The van der Waals surface area contributed by atoms with Crippen molar-refractivity contribution < 1.29 is 4.79 Å². The first-order valence-corrected chi connectivity index (χ1v) is 3.49. The molecule has 8 heavy (non-hydrogen) atoms. The molecule has 2 heteroatoms. The van der Waals surface area contributed by atoms with E-state index in [9.17, 15) is 4.79 Å². The Morgan fingerprint density at radius 2 is 2.12 bits per heavy atom. The van der Waals surface area contributed by atoms with Crippen molar-refractivity contribution in [1.29, 1.82) is 0 Å². The Bertz CT molecular complexity index is 78.6. The molecule has 0 aliphatic rings. The highest BCUT2D eigenvalue weighted by Crippen LogP contribution is 2.05. The van der Waals surface area contributed by atoms with Crippen molar-refractivity contribution in [2.45, 2.75) is 26.7 Å². The van der Waals surface area contributed by atoms with Crippen LogP contribution in [0.5, 0.6) is 0 Å². The van der Waals surface area contributed by atoms with E-state index in [0.29, 0.717) is 12.3 Å². The van der Waals surface area contributed by atoms with Gasteiger partial charge in [0.1, 0.15) is 5.52 Å². The molecule has 0 aliphatic heterocycles. The Balaban J connectivity index is 3.05. The van der Waals surface area contributed by atoms with Gasteiger partial charge in [0.05, 0.1) is 0 Å². The first-order chi connectivity index (χ1) is 3.63. The molecule has 0 radical (unpaired) electrons. The third-order valence-corrected chi connectivity index (χ3v) is 1.26. The van der Waals surface area contributed by atoms with Crippen molar-refractivity contribution in [3.63, 3.8) is 0 Å². The van der Waals surface area contributed by atoms with Crippen molar-refractivity contribution in [3.05, 3.63) is 0 Å². The fourth-order valence-corrected chi connectivity index (χ4v) is 0.598. The Hall–Kier alpha value is 0.100. The largest absolute Gasteiger partial charge is 0.295 e. The van der Waals surface area contributed by atoms with Gasteiger partial charge in [0, 0.05) is 6.42 Å². The minimum Gasteiger partial charge on any atom is -0.295 e. The number of hydrogen-bond acceptors (Lipinski definition) is 1. The molecule has 0 bridgehead atoms. The van der Waals surface area contributed by atoms with Crippen LogP contribution < -0.4 is 0 Å². The van der Waals surface area contributed by atoms with Crippen LogP contribution in [0.25, 0.3) is 0 Å². The summed E-state index contributed by atoms with van der Waals surface area (Å²) in [6, 6.07) is 0. The van der Waals surface area contributed by atoms with Crippen LogP contribution >= 0.6 is 9.24 Å². The van der Waals surface area contributed by atoms with Crippen molar-refractivity contribution in [2.24, 2.45) is 5.92 Å². The summed E-state index contributed by atoms with van der Waals surface area (Å²) in [6.45, 7) is 4.24. The first-order valence-electron chi connectivity index (χ1n) is 2.91. The molecule has 1 atom stereocenters. The highest BCUT2D eigenvalue weighted by molar-refractivity contribution is 7.40. The van der Waals surface area contributed by atoms with Gasteiger partial charge in [-0.1, -0.05) is 23.1 Å². The molecular formula is C6H13OP. The maximum atomic E-state index is 10.3. The van der Waals surface area contributed by atoms with Crippen LogP contribution in [0.15, 0.2) is 0 Å². The van der Waals surface area contributed by atoms with Gasteiger partial charge in [-0.05, 0) is 12.3 Å². The van der Waals surface area contributed by atoms with Crippen molar-refractivity contribution >= 4 is 14.8 Å². The van der Waals surface area contributed by atoms with Crippen LogP contribution in [-0.2, 0) is 4.79 Å². The van der Waals surface area contributed by atoms with Gasteiger partial charge >= 0.3 is 0 Å². The molecule has 0 N–H and O–H groups in total. The van der Waals surface area contributed by atoms with E-state index in [2.05, 4.69) is 23.1 Å². The third-order valence-electron chi connectivity index (χ3n) is 0.968. The SMILES string of the molecule is CC(C)CCC(=O)P. The summed E-state index contributed by atoms with van der Waals surface area (Å²) in [5.41, 5.74) is 0.221. The lowest BCUT2D eigenvalue weighted by molar-refractivity contribution is -0.111. The van der Waals surface area contributed by atoms with E-state index in [1.54, 1.807) is 0 Å². The Morgan fingerprint density at radius 1 is 1.62 bits per heavy atom. The van der Waals surface area contributed by atoms with E-state index < -0.39 is 0 Å². The molecule has 0 amide bonds. The summed E-state index contributed by atoms with van der Waals surface area (Å²) in [5.74, 6) is 0.652. The molecule has 0 aromatic heterocycles. The van der Waals surface area contributed by atoms with Crippen molar-refractivity contribution in [3.8, 4) is 0 Å². The molecule has 48 valence electrons. The molecule has 0 aromatic carbocycles. The highest BCUT2D eigenvalue weighted by Gasteiger charge is 1.95.